The number of benzene rings is 2. The van der Waals surface area contributed by atoms with Crippen LogP contribution in [-0.2, 0) is 9.53 Å². The summed E-state index contributed by atoms with van der Waals surface area (Å²) < 4.78 is 5.87. The average molecular weight is 376 g/mol. The molecule has 0 saturated carbocycles. The highest BCUT2D eigenvalue weighted by atomic mass is 79.9. The first kappa shape index (κ1) is 16.9. The van der Waals surface area contributed by atoms with Crippen molar-refractivity contribution in [3.63, 3.8) is 0 Å². The van der Waals surface area contributed by atoms with Crippen LogP contribution in [0, 0.1) is 0 Å². The first-order valence-corrected chi connectivity index (χ1v) is 7.58. The van der Waals surface area contributed by atoms with Crippen molar-refractivity contribution < 1.29 is 19.1 Å². The lowest BCUT2D eigenvalue weighted by atomic mass is 10.1. The quantitative estimate of drug-likeness (QED) is 0.641. The van der Waals surface area contributed by atoms with E-state index in [1.165, 1.54) is 19.1 Å². The van der Waals surface area contributed by atoms with Crippen LogP contribution in [0.4, 0.5) is 5.69 Å². The van der Waals surface area contributed by atoms with Gasteiger partial charge >= 0.3 is 5.97 Å². The molecule has 0 bridgehead atoms. The molecule has 5 nitrogen and oxygen atoms in total. The molecule has 0 unspecified atom stereocenters. The number of hydrogen-bond donors (Lipinski definition) is 1. The molecule has 0 aliphatic heterocycles. The van der Waals surface area contributed by atoms with Gasteiger partial charge in [-0.2, -0.15) is 0 Å². The van der Waals surface area contributed by atoms with Crippen LogP contribution in [0.3, 0.4) is 0 Å². The second-order valence-electron chi connectivity index (χ2n) is 4.76. The Morgan fingerprint density at radius 3 is 2.09 bits per heavy atom. The van der Waals surface area contributed by atoms with Crippen molar-refractivity contribution in [3.8, 4) is 0 Å². The van der Waals surface area contributed by atoms with Crippen LogP contribution in [0.1, 0.15) is 27.6 Å². The zero-order chi connectivity index (χ0) is 16.8. The summed E-state index contributed by atoms with van der Waals surface area (Å²) in [7, 11) is 0. The van der Waals surface area contributed by atoms with Gasteiger partial charge < -0.3 is 10.1 Å². The van der Waals surface area contributed by atoms with Crippen molar-refractivity contribution in [1.29, 1.82) is 0 Å². The largest absolute Gasteiger partial charge is 0.454 e. The fourth-order valence-corrected chi connectivity index (χ4v) is 2.09. The summed E-state index contributed by atoms with van der Waals surface area (Å²) in [5.74, 6) is -1.06. The molecular weight excluding hydrogens is 362 g/mol. The molecule has 0 aromatic heterocycles. The van der Waals surface area contributed by atoms with Gasteiger partial charge in [0.2, 0.25) is 5.91 Å². The van der Waals surface area contributed by atoms with Gasteiger partial charge in [0.05, 0.1) is 5.56 Å². The first-order chi connectivity index (χ1) is 11.0. The highest BCUT2D eigenvalue weighted by Crippen LogP contribution is 2.13. The number of anilines is 1. The molecule has 0 radical (unpaired) electrons. The number of amides is 1. The number of hydrogen-bond acceptors (Lipinski definition) is 4. The molecule has 0 atom stereocenters. The second kappa shape index (κ2) is 7.69. The number of ketones is 1. The maximum atomic E-state index is 11.9. The number of rotatable bonds is 5. The number of ether oxygens (including phenoxy) is 1. The first-order valence-electron chi connectivity index (χ1n) is 6.79. The third-order valence-corrected chi connectivity index (χ3v) is 3.47. The molecule has 0 spiro atoms. The normalized spacial score (nSPS) is 10.0. The molecule has 0 aliphatic carbocycles. The third-order valence-electron chi connectivity index (χ3n) is 2.94. The Bertz CT molecular complexity index is 723. The molecule has 0 heterocycles. The monoisotopic (exact) mass is 375 g/mol. The Labute approximate surface area is 141 Å². The van der Waals surface area contributed by atoms with E-state index in [0.717, 1.165) is 4.47 Å². The zero-order valence-electron chi connectivity index (χ0n) is 12.3. The molecule has 2 aromatic rings. The van der Waals surface area contributed by atoms with E-state index in [1.54, 1.807) is 36.4 Å². The molecule has 23 heavy (non-hydrogen) atoms. The Kier molecular flexibility index (Phi) is 5.65. The van der Waals surface area contributed by atoms with Crippen LogP contribution in [0.25, 0.3) is 0 Å². The average Bonchev–Trinajstić information content (AvgIpc) is 2.53. The van der Waals surface area contributed by atoms with E-state index >= 15 is 0 Å². The van der Waals surface area contributed by atoms with E-state index in [1.807, 2.05) is 0 Å². The van der Waals surface area contributed by atoms with Gasteiger partial charge in [0.25, 0.3) is 0 Å². The van der Waals surface area contributed by atoms with Gasteiger partial charge in [-0.05, 0) is 36.4 Å². The summed E-state index contributed by atoms with van der Waals surface area (Å²) >= 11 is 3.29. The molecule has 2 rings (SSSR count). The van der Waals surface area contributed by atoms with E-state index in [2.05, 4.69) is 21.2 Å². The van der Waals surface area contributed by atoms with E-state index in [4.69, 9.17) is 4.74 Å². The third kappa shape index (κ3) is 5.03. The molecule has 1 amide bonds. The lowest BCUT2D eigenvalue weighted by Gasteiger charge is -2.06. The number of carbonyl (C=O) groups is 3. The Balaban J connectivity index is 1.92. The lowest BCUT2D eigenvalue weighted by molar-refractivity contribution is -0.114. The SMILES string of the molecule is CC(=O)Nc1ccc(C(=O)OCC(=O)c2ccc(Br)cc2)cc1. The van der Waals surface area contributed by atoms with E-state index in [9.17, 15) is 14.4 Å². The number of esters is 1. The van der Waals surface area contributed by atoms with Crippen LogP contribution < -0.4 is 5.32 Å². The van der Waals surface area contributed by atoms with Gasteiger partial charge in [0, 0.05) is 22.6 Å². The topological polar surface area (TPSA) is 72.5 Å². The summed E-state index contributed by atoms with van der Waals surface area (Å²) in [6.07, 6.45) is 0. The summed E-state index contributed by atoms with van der Waals surface area (Å²) in [6.45, 7) is 1.07. The Morgan fingerprint density at radius 2 is 1.52 bits per heavy atom. The van der Waals surface area contributed by atoms with Gasteiger partial charge in [0.15, 0.2) is 12.4 Å². The minimum absolute atomic E-state index is 0.194. The maximum absolute atomic E-state index is 11.9. The van der Waals surface area contributed by atoms with Gasteiger partial charge in [-0.25, -0.2) is 4.79 Å². The Morgan fingerprint density at radius 1 is 0.957 bits per heavy atom. The van der Waals surface area contributed by atoms with Crippen LogP contribution in [0.2, 0.25) is 0 Å². The molecule has 0 aliphatic rings. The van der Waals surface area contributed by atoms with Gasteiger partial charge in [0.1, 0.15) is 0 Å². The fraction of sp³-hybridized carbons (Fsp3) is 0.118. The van der Waals surface area contributed by atoms with Crippen LogP contribution in [0.5, 0.6) is 0 Å². The van der Waals surface area contributed by atoms with Crippen LogP contribution >= 0.6 is 15.9 Å². The molecule has 118 valence electrons. The summed E-state index contributed by atoms with van der Waals surface area (Å²) in [6, 6.07) is 13.0. The van der Waals surface area contributed by atoms with Gasteiger partial charge in [-0.15, -0.1) is 0 Å². The predicted molar refractivity (Wildman–Crippen MR) is 89.5 cm³/mol. The molecule has 6 heteroatoms. The van der Waals surface area contributed by atoms with E-state index in [0.29, 0.717) is 16.8 Å². The number of halogens is 1. The van der Waals surface area contributed by atoms with Crippen molar-refractivity contribution in [2.75, 3.05) is 11.9 Å². The van der Waals surface area contributed by atoms with Crippen LogP contribution in [0.15, 0.2) is 53.0 Å². The van der Waals surface area contributed by atoms with E-state index < -0.39 is 5.97 Å². The fourth-order valence-electron chi connectivity index (χ4n) is 1.83. The number of nitrogens with one attached hydrogen (secondary N) is 1. The van der Waals surface area contributed by atoms with Crippen LogP contribution in [-0.4, -0.2) is 24.3 Å². The minimum Gasteiger partial charge on any atom is -0.454 e. The maximum Gasteiger partial charge on any atom is 0.338 e. The summed E-state index contributed by atoms with van der Waals surface area (Å²) in [5, 5.41) is 2.60. The molecule has 1 N–H and O–H groups in total. The molecular formula is C17H14BrNO4. The number of Topliss-reactive ketones (excluding diaryl/α,β-unsaturated/α-hetero) is 1. The molecule has 2 aromatic carbocycles. The molecule has 0 fully saturated rings. The smallest absolute Gasteiger partial charge is 0.338 e. The Hall–Kier alpha value is -2.47. The summed E-state index contributed by atoms with van der Waals surface area (Å²) in [4.78, 5) is 34.7. The molecule has 0 saturated heterocycles. The predicted octanol–water partition coefficient (Wildman–Crippen LogP) is 3.45. The van der Waals surface area contributed by atoms with Crippen molar-refractivity contribution in [2.24, 2.45) is 0 Å². The van der Waals surface area contributed by atoms with Crippen molar-refractivity contribution in [1.82, 2.24) is 0 Å². The zero-order valence-corrected chi connectivity index (χ0v) is 13.9. The van der Waals surface area contributed by atoms with Gasteiger partial charge in [-0.1, -0.05) is 28.1 Å². The van der Waals surface area contributed by atoms with E-state index in [-0.39, 0.29) is 18.3 Å². The number of carbonyl (C=O) groups excluding carboxylic acids is 3. The van der Waals surface area contributed by atoms with Crippen molar-refractivity contribution in [2.45, 2.75) is 6.92 Å². The summed E-state index contributed by atoms with van der Waals surface area (Å²) in [5.41, 5.74) is 1.37. The minimum atomic E-state index is -0.593. The standard InChI is InChI=1S/C17H14BrNO4/c1-11(20)19-15-8-4-13(5-9-15)17(22)23-10-16(21)12-2-6-14(18)7-3-12/h2-9H,10H2,1H3,(H,19,20). The van der Waals surface area contributed by atoms with Crippen molar-refractivity contribution in [3.05, 3.63) is 64.1 Å². The van der Waals surface area contributed by atoms with Crippen molar-refractivity contribution >= 4 is 39.3 Å². The van der Waals surface area contributed by atoms with Gasteiger partial charge in [-0.3, -0.25) is 9.59 Å². The highest BCUT2D eigenvalue weighted by molar-refractivity contribution is 9.10. The lowest BCUT2D eigenvalue weighted by Crippen LogP contribution is -2.14. The second-order valence-corrected chi connectivity index (χ2v) is 5.68. The highest BCUT2D eigenvalue weighted by Gasteiger charge is 2.12.